The molecule has 7 heteroatoms. The Bertz CT molecular complexity index is 1030. The summed E-state index contributed by atoms with van der Waals surface area (Å²) in [4.78, 5) is 16.8. The van der Waals surface area contributed by atoms with Gasteiger partial charge in [0.05, 0.1) is 5.02 Å². The fourth-order valence-electron chi connectivity index (χ4n) is 2.99. The number of pyridine rings is 1. The van der Waals surface area contributed by atoms with Crippen LogP contribution in [0.3, 0.4) is 0 Å². The monoisotopic (exact) mass is 427 g/mol. The van der Waals surface area contributed by atoms with E-state index in [-0.39, 0.29) is 15.7 Å². The maximum Gasteiger partial charge on any atom is 0.255 e. The van der Waals surface area contributed by atoms with E-state index in [0.29, 0.717) is 17.1 Å². The highest BCUT2D eigenvalue weighted by atomic mass is 35.5. The maximum atomic E-state index is 13.3. The molecule has 0 unspecified atom stereocenters. The fourth-order valence-corrected chi connectivity index (χ4v) is 4.15. The van der Waals surface area contributed by atoms with Crippen LogP contribution in [0.4, 0.5) is 15.9 Å². The number of hydrogen-bond donors (Lipinski definition) is 2. The zero-order valence-electron chi connectivity index (χ0n) is 15.5. The summed E-state index contributed by atoms with van der Waals surface area (Å²) in [6, 6.07) is 17.8. The third-order valence-corrected chi connectivity index (χ3v) is 6.33. The SMILES string of the molecule is O=C(Nc1ccc(F)c(Cl)c1)c1ccnc(NSC2(Cc3ccccc3)CC2)c1. The van der Waals surface area contributed by atoms with Gasteiger partial charge >= 0.3 is 0 Å². The Labute approximate surface area is 178 Å². The molecule has 0 saturated heterocycles. The number of aromatic nitrogens is 1. The van der Waals surface area contributed by atoms with Gasteiger partial charge in [-0.15, -0.1) is 0 Å². The van der Waals surface area contributed by atoms with Gasteiger partial charge in [0.1, 0.15) is 11.6 Å². The molecule has 0 radical (unpaired) electrons. The summed E-state index contributed by atoms with van der Waals surface area (Å²) >= 11 is 7.43. The number of rotatable bonds is 7. The lowest BCUT2D eigenvalue weighted by atomic mass is 10.1. The van der Waals surface area contributed by atoms with E-state index in [1.165, 1.54) is 23.8 Å². The Balaban J connectivity index is 1.38. The number of hydrogen-bond acceptors (Lipinski definition) is 4. The van der Waals surface area contributed by atoms with Gasteiger partial charge in [-0.25, -0.2) is 9.37 Å². The normalized spacial score (nSPS) is 14.3. The second-order valence-corrected chi connectivity index (χ2v) is 8.74. The summed E-state index contributed by atoms with van der Waals surface area (Å²) < 4.78 is 16.7. The summed E-state index contributed by atoms with van der Waals surface area (Å²) in [7, 11) is 0. The third kappa shape index (κ3) is 5.08. The Kier molecular flexibility index (Phi) is 5.74. The smallest absolute Gasteiger partial charge is 0.255 e. The Morgan fingerprint density at radius 3 is 2.66 bits per heavy atom. The molecule has 2 N–H and O–H groups in total. The van der Waals surface area contributed by atoms with Crippen molar-refractivity contribution >= 4 is 41.0 Å². The third-order valence-electron chi connectivity index (χ3n) is 4.75. The predicted octanol–water partition coefficient (Wildman–Crippen LogP) is 5.96. The molecule has 1 heterocycles. The van der Waals surface area contributed by atoms with Gasteiger partial charge in [0, 0.05) is 22.2 Å². The van der Waals surface area contributed by atoms with Crippen LogP contribution in [0.2, 0.25) is 5.02 Å². The van der Waals surface area contributed by atoms with Gasteiger partial charge in [0.15, 0.2) is 0 Å². The summed E-state index contributed by atoms with van der Waals surface area (Å²) in [5.74, 6) is -0.214. The van der Waals surface area contributed by atoms with E-state index in [4.69, 9.17) is 11.6 Å². The molecule has 0 bridgehead atoms. The zero-order chi connectivity index (χ0) is 20.3. The summed E-state index contributed by atoms with van der Waals surface area (Å²) in [5.41, 5.74) is 2.21. The first-order valence-corrected chi connectivity index (χ1v) is 10.4. The minimum atomic E-state index is -0.526. The number of anilines is 2. The number of nitrogens with one attached hydrogen (secondary N) is 2. The molecule has 0 spiro atoms. The molecule has 4 rings (SSSR count). The Hall–Kier alpha value is -2.57. The highest BCUT2D eigenvalue weighted by Crippen LogP contribution is 2.50. The van der Waals surface area contributed by atoms with Crippen molar-refractivity contribution in [2.75, 3.05) is 10.0 Å². The van der Waals surface area contributed by atoms with E-state index in [1.807, 2.05) is 6.07 Å². The average molecular weight is 428 g/mol. The van der Waals surface area contributed by atoms with Crippen molar-refractivity contribution < 1.29 is 9.18 Å². The minimum Gasteiger partial charge on any atom is -0.322 e. The molecular formula is C22H19ClFN3OS. The van der Waals surface area contributed by atoms with E-state index in [1.54, 1.807) is 30.3 Å². The quantitative estimate of drug-likeness (QED) is 0.456. The zero-order valence-corrected chi connectivity index (χ0v) is 17.1. The molecule has 4 nitrogen and oxygen atoms in total. The first kappa shape index (κ1) is 19.7. The number of benzene rings is 2. The number of halogens is 2. The first-order chi connectivity index (χ1) is 14.0. The van der Waals surface area contributed by atoms with E-state index in [0.717, 1.165) is 19.3 Å². The second-order valence-electron chi connectivity index (χ2n) is 7.06. The number of carbonyl (C=O) groups excluding carboxylic acids is 1. The largest absolute Gasteiger partial charge is 0.322 e. The maximum absolute atomic E-state index is 13.3. The van der Waals surface area contributed by atoms with Crippen LogP contribution in [0.15, 0.2) is 66.9 Å². The average Bonchev–Trinajstić information content (AvgIpc) is 3.50. The molecule has 2 aromatic carbocycles. The molecular weight excluding hydrogens is 409 g/mol. The van der Waals surface area contributed by atoms with Gasteiger partial charge in [0.2, 0.25) is 0 Å². The van der Waals surface area contributed by atoms with E-state index in [9.17, 15) is 9.18 Å². The summed E-state index contributed by atoms with van der Waals surface area (Å²) in [6.07, 6.45) is 4.87. The van der Waals surface area contributed by atoms with Crippen LogP contribution in [0.1, 0.15) is 28.8 Å². The van der Waals surface area contributed by atoms with Gasteiger partial charge in [-0.3, -0.25) is 4.79 Å². The molecule has 0 atom stereocenters. The van der Waals surface area contributed by atoms with Gasteiger partial charge < -0.3 is 10.0 Å². The summed E-state index contributed by atoms with van der Waals surface area (Å²) in [6.45, 7) is 0. The predicted molar refractivity (Wildman–Crippen MR) is 117 cm³/mol. The second kappa shape index (κ2) is 8.43. The lowest BCUT2D eigenvalue weighted by Gasteiger charge is -2.16. The van der Waals surface area contributed by atoms with Gasteiger partial charge in [0.25, 0.3) is 5.91 Å². The molecule has 1 saturated carbocycles. The fraction of sp³-hybridized carbons (Fsp3) is 0.182. The van der Waals surface area contributed by atoms with Crippen molar-refractivity contribution in [3.8, 4) is 0 Å². The van der Waals surface area contributed by atoms with Gasteiger partial charge in [-0.1, -0.05) is 41.9 Å². The van der Waals surface area contributed by atoms with Crippen molar-refractivity contribution in [2.45, 2.75) is 24.0 Å². The first-order valence-electron chi connectivity index (χ1n) is 9.23. The lowest BCUT2D eigenvalue weighted by Crippen LogP contribution is -2.13. The van der Waals surface area contributed by atoms with Crippen LogP contribution >= 0.6 is 23.5 Å². The van der Waals surface area contributed by atoms with Crippen LogP contribution in [0.5, 0.6) is 0 Å². The van der Waals surface area contributed by atoms with E-state index in [2.05, 4.69) is 39.3 Å². The van der Waals surface area contributed by atoms with E-state index < -0.39 is 5.82 Å². The molecule has 148 valence electrons. The van der Waals surface area contributed by atoms with Crippen molar-refractivity contribution in [1.29, 1.82) is 0 Å². The van der Waals surface area contributed by atoms with Crippen LogP contribution in [0, 0.1) is 5.82 Å². The number of carbonyl (C=O) groups is 1. The molecule has 1 amide bonds. The van der Waals surface area contributed by atoms with Crippen molar-refractivity contribution in [1.82, 2.24) is 4.98 Å². The van der Waals surface area contributed by atoms with E-state index >= 15 is 0 Å². The highest BCUT2D eigenvalue weighted by Gasteiger charge is 2.43. The molecule has 3 aromatic rings. The Morgan fingerprint density at radius 2 is 1.93 bits per heavy atom. The van der Waals surface area contributed by atoms with Crippen LogP contribution < -0.4 is 10.0 Å². The van der Waals surface area contributed by atoms with Gasteiger partial charge in [-0.2, -0.15) is 0 Å². The van der Waals surface area contributed by atoms with Crippen LogP contribution in [-0.4, -0.2) is 15.6 Å². The lowest BCUT2D eigenvalue weighted by molar-refractivity contribution is 0.102. The molecule has 0 aliphatic heterocycles. The number of amides is 1. The van der Waals surface area contributed by atoms with Crippen LogP contribution in [-0.2, 0) is 6.42 Å². The minimum absolute atomic E-state index is 0.0376. The molecule has 29 heavy (non-hydrogen) atoms. The van der Waals surface area contributed by atoms with Crippen molar-refractivity contribution in [3.05, 3.63) is 88.8 Å². The van der Waals surface area contributed by atoms with Crippen molar-refractivity contribution in [2.24, 2.45) is 0 Å². The Morgan fingerprint density at radius 1 is 1.14 bits per heavy atom. The van der Waals surface area contributed by atoms with Gasteiger partial charge in [-0.05, 0) is 67.1 Å². The molecule has 1 fully saturated rings. The molecule has 1 aliphatic carbocycles. The summed E-state index contributed by atoms with van der Waals surface area (Å²) in [5, 5.41) is 2.68. The number of nitrogens with zero attached hydrogens (tertiary/aromatic N) is 1. The molecule has 1 aliphatic rings. The standard InChI is InChI=1S/C22H19ClFN3OS/c23-18-13-17(6-7-19(18)24)26-21(28)16-8-11-25-20(12-16)27-29-22(9-10-22)14-15-4-2-1-3-5-15/h1-8,11-13H,9-10,14H2,(H,25,27)(H,26,28). The molecule has 1 aromatic heterocycles. The topological polar surface area (TPSA) is 54.0 Å². The van der Waals surface area contributed by atoms with Crippen LogP contribution in [0.25, 0.3) is 0 Å². The highest BCUT2D eigenvalue weighted by molar-refractivity contribution is 8.02. The van der Waals surface area contributed by atoms with Crippen molar-refractivity contribution in [3.63, 3.8) is 0 Å².